The van der Waals surface area contributed by atoms with E-state index in [4.69, 9.17) is 16.3 Å². The van der Waals surface area contributed by atoms with E-state index in [1.165, 1.54) is 18.3 Å². The van der Waals surface area contributed by atoms with Crippen molar-refractivity contribution >= 4 is 17.5 Å². The van der Waals surface area contributed by atoms with Gasteiger partial charge >= 0.3 is 0 Å². The summed E-state index contributed by atoms with van der Waals surface area (Å²) in [6.45, 7) is 4.33. The molecule has 0 aliphatic rings. The van der Waals surface area contributed by atoms with Crippen LogP contribution in [0.4, 0.5) is 4.39 Å². The average Bonchev–Trinajstić information content (AvgIpc) is 3.18. The molecule has 0 atom stereocenters. The second kappa shape index (κ2) is 9.71. The smallest absolute Gasteiger partial charge is 0.255 e. The zero-order valence-corrected chi connectivity index (χ0v) is 17.9. The predicted octanol–water partition coefficient (Wildman–Crippen LogP) is 4.76. The average molecular weight is 431 g/mol. The summed E-state index contributed by atoms with van der Waals surface area (Å²) in [6, 6.07) is 9.72. The minimum atomic E-state index is -0.277. The van der Waals surface area contributed by atoms with Gasteiger partial charge in [-0.15, -0.1) is 0 Å². The largest absolute Gasteiger partial charge is 0.474 e. The van der Waals surface area contributed by atoms with Crippen molar-refractivity contribution in [2.24, 2.45) is 0 Å². The highest BCUT2D eigenvalue weighted by molar-refractivity contribution is 6.32. The first-order valence-corrected chi connectivity index (χ1v) is 10.1. The number of benzene rings is 1. The molecule has 0 saturated heterocycles. The molecule has 1 N–H and O–H groups in total. The lowest BCUT2D eigenvalue weighted by Gasteiger charge is -2.17. The molecule has 1 aromatic carbocycles. The molecule has 0 spiro atoms. The Morgan fingerprint density at radius 3 is 2.67 bits per heavy atom. The molecule has 2 aromatic heterocycles. The molecule has 0 aliphatic carbocycles. The fraction of sp³-hybridized carbons (Fsp3) is 0.318. The van der Waals surface area contributed by atoms with Gasteiger partial charge in [0, 0.05) is 31.0 Å². The minimum Gasteiger partial charge on any atom is -0.474 e. The predicted molar refractivity (Wildman–Crippen MR) is 114 cm³/mol. The summed E-state index contributed by atoms with van der Waals surface area (Å²) in [4.78, 5) is 18.4. The summed E-state index contributed by atoms with van der Waals surface area (Å²) in [5.41, 5.74) is 2.98. The summed E-state index contributed by atoms with van der Waals surface area (Å²) in [7, 11) is 1.74. The fourth-order valence-corrected chi connectivity index (χ4v) is 3.15. The fourth-order valence-electron chi connectivity index (χ4n) is 2.94. The van der Waals surface area contributed by atoms with Gasteiger partial charge in [0.1, 0.15) is 10.8 Å². The van der Waals surface area contributed by atoms with Gasteiger partial charge in [-0.25, -0.2) is 9.37 Å². The molecule has 0 radical (unpaired) electrons. The van der Waals surface area contributed by atoms with Gasteiger partial charge in [-0.1, -0.05) is 11.6 Å². The number of hydrogen-bond acceptors (Lipinski definition) is 4. The van der Waals surface area contributed by atoms with Crippen molar-refractivity contribution in [1.82, 2.24) is 20.1 Å². The number of amides is 1. The molecule has 3 rings (SSSR count). The Kier molecular flexibility index (Phi) is 7.05. The zero-order chi connectivity index (χ0) is 21.7. The topological polar surface area (TPSA) is 71.1 Å². The number of halogens is 2. The third-order valence-electron chi connectivity index (χ3n) is 4.46. The Bertz CT molecular complexity index is 1000. The normalized spacial score (nSPS) is 11.0. The molecular weight excluding hydrogens is 407 g/mol. The van der Waals surface area contributed by atoms with Crippen LogP contribution >= 0.6 is 11.6 Å². The van der Waals surface area contributed by atoms with Crippen LogP contribution in [0.3, 0.4) is 0 Å². The highest BCUT2D eigenvalue weighted by Gasteiger charge is 2.15. The summed E-state index contributed by atoms with van der Waals surface area (Å²) in [5.74, 6) is -0.111. The van der Waals surface area contributed by atoms with Gasteiger partial charge in [0.25, 0.3) is 5.91 Å². The van der Waals surface area contributed by atoms with Crippen molar-refractivity contribution in [3.63, 3.8) is 0 Å². The number of H-pyrrole nitrogens is 1. The van der Waals surface area contributed by atoms with E-state index in [0.717, 1.165) is 29.8 Å². The number of nitrogens with one attached hydrogen (secondary N) is 1. The number of carbonyl (C=O) groups excluding carboxylic acids is 1. The van der Waals surface area contributed by atoms with Gasteiger partial charge in [-0.05, 0) is 63.1 Å². The van der Waals surface area contributed by atoms with E-state index in [1.54, 1.807) is 30.1 Å². The van der Waals surface area contributed by atoms with Crippen LogP contribution in [0.2, 0.25) is 5.02 Å². The number of pyridine rings is 1. The number of aryl methyl sites for hydroxylation is 1. The third-order valence-corrected chi connectivity index (χ3v) is 4.73. The summed E-state index contributed by atoms with van der Waals surface area (Å²) in [6.07, 6.45) is 2.91. The zero-order valence-electron chi connectivity index (χ0n) is 17.2. The molecule has 0 bridgehead atoms. The first kappa shape index (κ1) is 21.8. The molecule has 30 heavy (non-hydrogen) atoms. The van der Waals surface area contributed by atoms with Crippen LogP contribution in [0.25, 0.3) is 11.3 Å². The van der Waals surface area contributed by atoms with Gasteiger partial charge in [0.2, 0.25) is 5.88 Å². The van der Waals surface area contributed by atoms with E-state index in [0.29, 0.717) is 23.0 Å². The molecule has 0 aliphatic heterocycles. The second-order valence-corrected chi connectivity index (χ2v) is 7.70. The minimum absolute atomic E-state index is 0.0507. The molecule has 0 saturated carbocycles. The first-order valence-electron chi connectivity index (χ1n) is 9.71. The van der Waals surface area contributed by atoms with Crippen molar-refractivity contribution in [3.8, 4) is 17.1 Å². The van der Waals surface area contributed by atoms with Gasteiger partial charge in [-0.2, -0.15) is 5.10 Å². The van der Waals surface area contributed by atoms with Crippen LogP contribution in [0.5, 0.6) is 5.88 Å². The number of nitrogens with zero attached hydrogens (tertiary/aromatic N) is 3. The lowest BCUT2D eigenvalue weighted by atomic mass is 10.1. The molecule has 158 valence electrons. The van der Waals surface area contributed by atoms with Crippen LogP contribution in [-0.2, 0) is 6.42 Å². The van der Waals surface area contributed by atoms with Gasteiger partial charge < -0.3 is 9.64 Å². The van der Waals surface area contributed by atoms with Crippen LogP contribution < -0.4 is 4.74 Å². The molecule has 6 nitrogen and oxygen atoms in total. The summed E-state index contributed by atoms with van der Waals surface area (Å²) >= 11 is 6.18. The SMILES string of the molecule is CC(C)Oc1ncc(C(=O)N(C)CCCc2cc(-c3ccc(F)cc3)n[nH]2)cc1Cl. The molecule has 1 amide bonds. The molecule has 3 aromatic rings. The van der Waals surface area contributed by atoms with Crippen LogP contribution in [-0.4, -0.2) is 45.7 Å². The van der Waals surface area contributed by atoms with Gasteiger partial charge in [0.05, 0.1) is 17.4 Å². The van der Waals surface area contributed by atoms with Crippen molar-refractivity contribution in [3.05, 3.63) is 64.7 Å². The molecular formula is C22H24ClFN4O2. The molecule has 0 fully saturated rings. The number of aromatic nitrogens is 3. The van der Waals surface area contributed by atoms with E-state index in [9.17, 15) is 9.18 Å². The van der Waals surface area contributed by atoms with Crippen LogP contribution in [0, 0.1) is 5.82 Å². The number of rotatable bonds is 8. The monoisotopic (exact) mass is 430 g/mol. The van der Waals surface area contributed by atoms with Gasteiger partial charge in [0.15, 0.2) is 0 Å². The first-order chi connectivity index (χ1) is 14.3. The van der Waals surface area contributed by atoms with Crippen LogP contribution in [0.15, 0.2) is 42.6 Å². The molecule has 8 heteroatoms. The van der Waals surface area contributed by atoms with Gasteiger partial charge in [-0.3, -0.25) is 9.89 Å². The number of hydrogen-bond donors (Lipinski definition) is 1. The van der Waals surface area contributed by atoms with Crippen molar-refractivity contribution in [2.75, 3.05) is 13.6 Å². The highest BCUT2D eigenvalue weighted by atomic mass is 35.5. The summed E-state index contributed by atoms with van der Waals surface area (Å²) < 4.78 is 18.5. The Labute approximate surface area is 180 Å². The van der Waals surface area contributed by atoms with Crippen LogP contribution in [0.1, 0.15) is 36.3 Å². The highest BCUT2D eigenvalue weighted by Crippen LogP contribution is 2.24. The quantitative estimate of drug-likeness (QED) is 0.559. The number of aromatic amines is 1. The Morgan fingerprint density at radius 2 is 2.00 bits per heavy atom. The Balaban J connectivity index is 1.53. The van der Waals surface area contributed by atoms with Crippen molar-refractivity contribution in [1.29, 1.82) is 0 Å². The lowest BCUT2D eigenvalue weighted by Crippen LogP contribution is -2.28. The lowest BCUT2D eigenvalue weighted by molar-refractivity contribution is 0.0793. The molecule has 2 heterocycles. The maximum Gasteiger partial charge on any atom is 0.255 e. The van der Waals surface area contributed by atoms with E-state index in [1.807, 2.05) is 19.9 Å². The Morgan fingerprint density at radius 1 is 1.27 bits per heavy atom. The summed E-state index contributed by atoms with van der Waals surface area (Å²) in [5, 5.41) is 7.58. The van der Waals surface area contributed by atoms with Crippen molar-refractivity contribution < 1.29 is 13.9 Å². The number of ether oxygens (including phenoxy) is 1. The number of carbonyl (C=O) groups is 1. The molecule has 0 unspecified atom stereocenters. The maximum atomic E-state index is 13.1. The van der Waals surface area contributed by atoms with E-state index in [2.05, 4.69) is 15.2 Å². The second-order valence-electron chi connectivity index (χ2n) is 7.29. The maximum absolute atomic E-state index is 13.1. The Hall–Kier alpha value is -2.93. The standard InChI is InChI=1S/C22H24ClFN4O2/c1-14(2)30-21-19(23)11-16(13-25-21)22(29)28(3)10-4-5-18-12-20(27-26-18)15-6-8-17(24)9-7-15/h6-9,11-14H,4-5,10H2,1-3H3,(H,26,27). The third kappa shape index (κ3) is 5.57. The van der Waals surface area contributed by atoms with Crippen molar-refractivity contribution in [2.45, 2.75) is 32.8 Å². The van der Waals surface area contributed by atoms with E-state index < -0.39 is 0 Å². The van der Waals surface area contributed by atoms with E-state index in [-0.39, 0.29) is 17.8 Å². The van der Waals surface area contributed by atoms with E-state index >= 15 is 0 Å².